The number of hydrogen-bond donors (Lipinski definition) is 2. The van der Waals surface area contributed by atoms with Crippen molar-refractivity contribution in [3.63, 3.8) is 0 Å². The minimum atomic E-state index is -2.86. The predicted octanol–water partition coefficient (Wildman–Crippen LogP) is 2.36. The van der Waals surface area contributed by atoms with Crippen LogP contribution in [0, 0.1) is 0 Å². The van der Waals surface area contributed by atoms with Gasteiger partial charge in [-0.1, -0.05) is 0 Å². The van der Waals surface area contributed by atoms with Crippen molar-refractivity contribution in [2.24, 2.45) is 0 Å². The molecule has 0 radical (unpaired) electrons. The van der Waals surface area contributed by atoms with Crippen molar-refractivity contribution in [3.8, 4) is 0 Å². The molecule has 6 nitrogen and oxygen atoms in total. The van der Waals surface area contributed by atoms with Crippen molar-refractivity contribution in [3.05, 3.63) is 17.3 Å². The van der Waals surface area contributed by atoms with Crippen LogP contribution in [-0.4, -0.2) is 33.1 Å². The van der Waals surface area contributed by atoms with Crippen LogP contribution >= 0.6 is 0 Å². The number of alkyl halides is 2. The summed E-state index contributed by atoms with van der Waals surface area (Å²) >= 11 is 0. The monoisotopic (exact) mass is 275 g/mol. The van der Waals surface area contributed by atoms with Crippen LogP contribution in [0.5, 0.6) is 0 Å². The standard InChI is InChI=1S/C11H11F2NO5/c12-11(13)3-1-2-5(4-11)8-14-6(9(15)16)7(19-8)10(17)18/h5H,1-4H2,(H,15,16)(H,17,18). The van der Waals surface area contributed by atoms with E-state index in [1.54, 1.807) is 0 Å². The highest BCUT2D eigenvalue weighted by atomic mass is 19.3. The molecule has 1 aliphatic carbocycles. The Bertz CT molecular complexity index is 494. The van der Waals surface area contributed by atoms with E-state index >= 15 is 0 Å². The maximum Gasteiger partial charge on any atom is 0.374 e. The summed E-state index contributed by atoms with van der Waals surface area (Å²) in [6, 6.07) is 0. The number of carboxylic acid groups (broad SMARTS) is 2. The Kier molecular flexibility index (Phi) is 3.25. The van der Waals surface area contributed by atoms with Gasteiger partial charge in [0, 0.05) is 18.8 Å². The highest BCUT2D eigenvalue weighted by Crippen LogP contribution is 2.41. The molecule has 19 heavy (non-hydrogen) atoms. The summed E-state index contributed by atoms with van der Waals surface area (Å²) in [5.74, 6) is -7.82. The molecular formula is C11H11F2NO5. The van der Waals surface area contributed by atoms with E-state index in [2.05, 4.69) is 4.98 Å². The Morgan fingerprint density at radius 3 is 2.47 bits per heavy atom. The first-order valence-electron chi connectivity index (χ1n) is 5.65. The van der Waals surface area contributed by atoms with Crippen LogP contribution in [0.3, 0.4) is 0 Å². The quantitative estimate of drug-likeness (QED) is 0.878. The van der Waals surface area contributed by atoms with Gasteiger partial charge in [-0.2, -0.15) is 0 Å². The molecule has 1 saturated carbocycles. The number of oxazole rings is 1. The molecule has 1 aliphatic rings. The molecule has 104 valence electrons. The Hall–Kier alpha value is -1.99. The molecule has 0 spiro atoms. The number of carbonyl (C=O) groups is 2. The second kappa shape index (κ2) is 4.60. The number of aromatic nitrogens is 1. The SMILES string of the molecule is O=C(O)c1nc(C2CCCC(F)(F)C2)oc1C(=O)O. The molecule has 2 N–H and O–H groups in total. The number of rotatable bonds is 3. The highest BCUT2D eigenvalue weighted by Gasteiger charge is 2.40. The molecule has 1 unspecified atom stereocenters. The van der Waals surface area contributed by atoms with Crippen molar-refractivity contribution in [2.45, 2.75) is 37.5 Å². The van der Waals surface area contributed by atoms with Crippen LogP contribution < -0.4 is 0 Å². The summed E-state index contributed by atoms with van der Waals surface area (Å²) in [7, 11) is 0. The molecule has 0 saturated heterocycles. The molecule has 1 fully saturated rings. The van der Waals surface area contributed by atoms with E-state index in [1.165, 1.54) is 0 Å². The summed E-state index contributed by atoms with van der Waals surface area (Å²) < 4.78 is 31.4. The van der Waals surface area contributed by atoms with E-state index in [-0.39, 0.29) is 18.7 Å². The topological polar surface area (TPSA) is 101 Å². The molecule has 0 bridgehead atoms. The van der Waals surface area contributed by atoms with Crippen molar-refractivity contribution in [1.82, 2.24) is 4.98 Å². The number of nitrogens with zero attached hydrogens (tertiary/aromatic N) is 1. The third-order valence-electron chi connectivity index (χ3n) is 3.03. The maximum absolute atomic E-state index is 13.3. The molecule has 1 aromatic heterocycles. The summed E-state index contributed by atoms with van der Waals surface area (Å²) in [6.45, 7) is 0. The lowest BCUT2D eigenvalue weighted by Gasteiger charge is -2.26. The van der Waals surface area contributed by atoms with Crippen molar-refractivity contribution in [2.75, 3.05) is 0 Å². The Morgan fingerprint density at radius 1 is 1.32 bits per heavy atom. The van der Waals surface area contributed by atoms with Crippen LogP contribution in [0.15, 0.2) is 4.42 Å². The lowest BCUT2D eigenvalue weighted by atomic mass is 9.86. The van der Waals surface area contributed by atoms with Gasteiger partial charge in [-0.25, -0.2) is 23.4 Å². The minimum absolute atomic E-state index is 0.234. The van der Waals surface area contributed by atoms with Gasteiger partial charge in [0.05, 0.1) is 0 Å². The van der Waals surface area contributed by atoms with Gasteiger partial charge in [-0.15, -0.1) is 0 Å². The zero-order valence-corrected chi connectivity index (χ0v) is 9.73. The molecule has 1 atom stereocenters. The van der Waals surface area contributed by atoms with Crippen LogP contribution in [0.25, 0.3) is 0 Å². The lowest BCUT2D eigenvalue weighted by Crippen LogP contribution is -2.25. The second-order valence-electron chi connectivity index (χ2n) is 4.49. The first-order chi connectivity index (χ1) is 8.80. The van der Waals surface area contributed by atoms with E-state index in [9.17, 15) is 18.4 Å². The lowest BCUT2D eigenvalue weighted by molar-refractivity contribution is -0.0436. The van der Waals surface area contributed by atoms with E-state index in [0.29, 0.717) is 6.42 Å². The predicted molar refractivity (Wildman–Crippen MR) is 56.6 cm³/mol. The number of carboxylic acids is 2. The fraction of sp³-hybridized carbons (Fsp3) is 0.545. The van der Waals surface area contributed by atoms with Gasteiger partial charge in [0.2, 0.25) is 17.4 Å². The normalized spacial score (nSPS) is 22.1. The summed E-state index contributed by atoms with van der Waals surface area (Å²) in [5.41, 5.74) is -0.753. The minimum Gasteiger partial charge on any atom is -0.476 e. The number of halogens is 2. The maximum atomic E-state index is 13.3. The van der Waals surface area contributed by atoms with Crippen molar-refractivity contribution >= 4 is 11.9 Å². The molecule has 2 rings (SSSR count). The van der Waals surface area contributed by atoms with Crippen LogP contribution in [0.2, 0.25) is 0 Å². The van der Waals surface area contributed by atoms with Gasteiger partial charge in [0.25, 0.3) is 0 Å². The van der Waals surface area contributed by atoms with E-state index in [4.69, 9.17) is 14.6 Å². The van der Waals surface area contributed by atoms with Gasteiger partial charge in [-0.3, -0.25) is 0 Å². The number of hydrogen-bond acceptors (Lipinski definition) is 4. The average molecular weight is 275 g/mol. The van der Waals surface area contributed by atoms with Gasteiger partial charge in [0.15, 0.2) is 5.89 Å². The second-order valence-corrected chi connectivity index (χ2v) is 4.49. The molecule has 0 amide bonds. The molecule has 8 heteroatoms. The van der Waals surface area contributed by atoms with Crippen molar-refractivity contribution < 1.29 is 33.0 Å². The van der Waals surface area contributed by atoms with Crippen LogP contribution in [0.1, 0.15) is 58.5 Å². The zero-order chi connectivity index (χ0) is 14.2. The molecular weight excluding hydrogens is 264 g/mol. The van der Waals surface area contributed by atoms with Gasteiger partial charge in [0.1, 0.15) is 0 Å². The Balaban J connectivity index is 2.33. The fourth-order valence-electron chi connectivity index (χ4n) is 2.18. The smallest absolute Gasteiger partial charge is 0.374 e. The third kappa shape index (κ3) is 2.72. The Morgan fingerprint density at radius 2 is 2.00 bits per heavy atom. The molecule has 1 aromatic rings. The Labute approximate surface area is 106 Å². The average Bonchev–Trinajstić information content (AvgIpc) is 2.72. The molecule has 1 heterocycles. The summed E-state index contributed by atoms with van der Waals surface area (Å²) in [5, 5.41) is 17.6. The number of aromatic carboxylic acids is 2. The van der Waals surface area contributed by atoms with E-state index in [0.717, 1.165) is 0 Å². The van der Waals surface area contributed by atoms with E-state index < -0.39 is 41.7 Å². The van der Waals surface area contributed by atoms with Crippen LogP contribution in [-0.2, 0) is 0 Å². The van der Waals surface area contributed by atoms with Gasteiger partial charge >= 0.3 is 11.9 Å². The van der Waals surface area contributed by atoms with Gasteiger partial charge < -0.3 is 14.6 Å². The van der Waals surface area contributed by atoms with Gasteiger partial charge in [-0.05, 0) is 12.8 Å². The third-order valence-corrected chi connectivity index (χ3v) is 3.03. The summed E-state index contributed by atoms with van der Waals surface area (Å²) in [6.07, 6.45) is -0.119. The highest BCUT2D eigenvalue weighted by molar-refractivity contribution is 5.98. The first kappa shape index (κ1) is 13.4. The first-order valence-corrected chi connectivity index (χ1v) is 5.65. The summed E-state index contributed by atoms with van der Waals surface area (Å²) in [4.78, 5) is 25.2. The zero-order valence-electron chi connectivity index (χ0n) is 9.73. The molecule has 0 aliphatic heterocycles. The fourth-order valence-corrected chi connectivity index (χ4v) is 2.18. The molecule has 0 aromatic carbocycles. The van der Waals surface area contributed by atoms with E-state index in [1.807, 2.05) is 0 Å². The van der Waals surface area contributed by atoms with Crippen LogP contribution in [0.4, 0.5) is 8.78 Å². The largest absolute Gasteiger partial charge is 0.476 e. The van der Waals surface area contributed by atoms with Crippen molar-refractivity contribution in [1.29, 1.82) is 0 Å².